The average Bonchev–Trinajstić information content (AvgIpc) is 3.20. The standard InChI is InChI=1S/C25H25NO3/c27-25-28-19-24(29-25)23(16-20-10-4-1-5-11-20)26(17-21-12-6-2-7-13-21)18-22-14-8-3-9-15-22/h1-15,23-24H,16-19H2/t23-,24-/m0/s1. The zero-order chi connectivity index (χ0) is 19.9. The lowest BCUT2D eigenvalue weighted by Crippen LogP contribution is -2.45. The first-order valence-electron chi connectivity index (χ1n) is 9.97. The number of carbonyl (C=O) groups is 1. The van der Waals surface area contributed by atoms with Gasteiger partial charge in [-0.15, -0.1) is 0 Å². The van der Waals surface area contributed by atoms with Crippen molar-refractivity contribution in [3.05, 3.63) is 108 Å². The zero-order valence-corrected chi connectivity index (χ0v) is 16.3. The Morgan fingerprint density at radius 1 is 0.759 bits per heavy atom. The van der Waals surface area contributed by atoms with Crippen LogP contribution in [0.2, 0.25) is 0 Å². The van der Waals surface area contributed by atoms with E-state index in [0.717, 1.165) is 19.5 Å². The molecule has 1 aliphatic heterocycles. The highest BCUT2D eigenvalue weighted by molar-refractivity contribution is 5.62. The minimum atomic E-state index is -0.576. The fourth-order valence-corrected chi connectivity index (χ4v) is 3.81. The van der Waals surface area contributed by atoms with Crippen LogP contribution in [0, 0.1) is 0 Å². The number of cyclic esters (lactones) is 2. The Balaban J connectivity index is 1.64. The molecule has 3 aromatic rings. The van der Waals surface area contributed by atoms with Gasteiger partial charge in [-0.2, -0.15) is 0 Å². The van der Waals surface area contributed by atoms with Crippen molar-refractivity contribution in [3.8, 4) is 0 Å². The second-order valence-corrected chi connectivity index (χ2v) is 7.35. The molecule has 1 heterocycles. The zero-order valence-electron chi connectivity index (χ0n) is 16.3. The topological polar surface area (TPSA) is 38.8 Å². The predicted octanol–water partition coefficient (Wildman–Crippen LogP) is 4.84. The molecule has 0 N–H and O–H groups in total. The number of ether oxygens (including phenoxy) is 2. The van der Waals surface area contributed by atoms with Gasteiger partial charge in [0, 0.05) is 13.1 Å². The maximum Gasteiger partial charge on any atom is 0.508 e. The fraction of sp³-hybridized carbons (Fsp3) is 0.240. The highest BCUT2D eigenvalue weighted by atomic mass is 16.8. The first-order valence-corrected chi connectivity index (χ1v) is 9.97. The molecular weight excluding hydrogens is 362 g/mol. The third-order valence-electron chi connectivity index (χ3n) is 5.26. The van der Waals surface area contributed by atoms with Crippen molar-refractivity contribution in [1.82, 2.24) is 4.90 Å². The van der Waals surface area contributed by atoms with Crippen molar-refractivity contribution in [2.75, 3.05) is 6.61 Å². The molecule has 0 radical (unpaired) electrons. The summed E-state index contributed by atoms with van der Waals surface area (Å²) in [5.41, 5.74) is 3.67. The Morgan fingerprint density at radius 2 is 1.24 bits per heavy atom. The lowest BCUT2D eigenvalue weighted by atomic mass is 9.98. The van der Waals surface area contributed by atoms with Gasteiger partial charge in [-0.1, -0.05) is 91.0 Å². The lowest BCUT2D eigenvalue weighted by molar-refractivity contribution is 0.0497. The fourth-order valence-electron chi connectivity index (χ4n) is 3.81. The molecule has 0 aliphatic carbocycles. The predicted molar refractivity (Wildman–Crippen MR) is 112 cm³/mol. The van der Waals surface area contributed by atoms with E-state index in [1.54, 1.807) is 0 Å². The van der Waals surface area contributed by atoms with Gasteiger partial charge >= 0.3 is 6.16 Å². The van der Waals surface area contributed by atoms with Gasteiger partial charge in [0.1, 0.15) is 6.61 Å². The van der Waals surface area contributed by atoms with Crippen molar-refractivity contribution in [1.29, 1.82) is 0 Å². The number of rotatable bonds is 8. The second-order valence-electron chi connectivity index (χ2n) is 7.35. The van der Waals surface area contributed by atoms with Crippen LogP contribution in [0.4, 0.5) is 4.79 Å². The maximum atomic E-state index is 11.7. The van der Waals surface area contributed by atoms with Gasteiger partial charge in [0.25, 0.3) is 0 Å². The van der Waals surface area contributed by atoms with E-state index < -0.39 is 6.16 Å². The van der Waals surface area contributed by atoms with Crippen molar-refractivity contribution >= 4 is 6.16 Å². The number of carbonyl (C=O) groups excluding carboxylic acids is 1. The van der Waals surface area contributed by atoms with Crippen LogP contribution < -0.4 is 0 Å². The Hall–Kier alpha value is -3.11. The van der Waals surface area contributed by atoms with Crippen molar-refractivity contribution in [3.63, 3.8) is 0 Å². The monoisotopic (exact) mass is 387 g/mol. The van der Waals surface area contributed by atoms with Crippen LogP contribution in [-0.4, -0.2) is 29.8 Å². The first kappa shape index (κ1) is 19.2. The molecule has 1 saturated heterocycles. The summed E-state index contributed by atoms with van der Waals surface area (Å²) < 4.78 is 10.7. The van der Waals surface area contributed by atoms with Gasteiger partial charge < -0.3 is 9.47 Å². The summed E-state index contributed by atoms with van der Waals surface area (Å²) in [7, 11) is 0. The molecule has 3 aromatic carbocycles. The summed E-state index contributed by atoms with van der Waals surface area (Å²) in [5, 5.41) is 0. The van der Waals surface area contributed by atoms with Gasteiger partial charge in [0.05, 0.1) is 6.04 Å². The molecule has 4 heteroatoms. The van der Waals surface area contributed by atoms with E-state index in [-0.39, 0.29) is 18.8 Å². The molecule has 2 atom stereocenters. The van der Waals surface area contributed by atoms with Gasteiger partial charge in [-0.25, -0.2) is 4.79 Å². The van der Waals surface area contributed by atoms with Crippen LogP contribution >= 0.6 is 0 Å². The Labute approximate surface area is 171 Å². The van der Waals surface area contributed by atoms with Crippen LogP contribution in [0.1, 0.15) is 16.7 Å². The third-order valence-corrected chi connectivity index (χ3v) is 5.26. The highest BCUT2D eigenvalue weighted by Crippen LogP contribution is 2.23. The largest absolute Gasteiger partial charge is 0.508 e. The smallest absolute Gasteiger partial charge is 0.430 e. The van der Waals surface area contributed by atoms with Crippen LogP contribution in [0.25, 0.3) is 0 Å². The molecule has 0 amide bonds. The number of benzene rings is 3. The molecule has 29 heavy (non-hydrogen) atoms. The lowest BCUT2D eigenvalue weighted by Gasteiger charge is -2.34. The molecular formula is C25H25NO3. The Bertz CT molecular complexity index is 858. The molecule has 0 aromatic heterocycles. The first-order chi connectivity index (χ1) is 14.3. The minimum absolute atomic E-state index is 0.00395. The normalized spacial score (nSPS) is 17.0. The molecule has 1 fully saturated rings. The number of hydrogen-bond acceptors (Lipinski definition) is 4. The average molecular weight is 387 g/mol. The number of hydrogen-bond donors (Lipinski definition) is 0. The second kappa shape index (κ2) is 9.39. The highest BCUT2D eigenvalue weighted by Gasteiger charge is 2.36. The van der Waals surface area contributed by atoms with Gasteiger partial charge in [0.2, 0.25) is 0 Å². The minimum Gasteiger partial charge on any atom is -0.430 e. The van der Waals surface area contributed by atoms with Crippen LogP contribution in [-0.2, 0) is 29.0 Å². The van der Waals surface area contributed by atoms with E-state index in [2.05, 4.69) is 65.6 Å². The summed E-state index contributed by atoms with van der Waals surface area (Å²) in [5.74, 6) is 0. The Kier molecular flexibility index (Phi) is 6.22. The van der Waals surface area contributed by atoms with E-state index in [0.29, 0.717) is 0 Å². The summed E-state index contributed by atoms with van der Waals surface area (Å²) in [6.45, 7) is 1.82. The molecule has 0 bridgehead atoms. The summed E-state index contributed by atoms with van der Waals surface area (Å²) in [6.07, 6.45) is -0.0930. The summed E-state index contributed by atoms with van der Waals surface area (Å²) >= 11 is 0. The van der Waals surface area contributed by atoms with E-state index in [1.807, 2.05) is 30.3 Å². The van der Waals surface area contributed by atoms with Crippen LogP contribution in [0.5, 0.6) is 0 Å². The van der Waals surface area contributed by atoms with Gasteiger partial charge in [-0.3, -0.25) is 4.90 Å². The van der Waals surface area contributed by atoms with Crippen LogP contribution in [0.15, 0.2) is 91.0 Å². The van der Waals surface area contributed by atoms with Crippen molar-refractivity contribution in [2.24, 2.45) is 0 Å². The van der Waals surface area contributed by atoms with E-state index >= 15 is 0 Å². The molecule has 0 spiro atoms. The Morgan fingerprint density at radius 3 is 1.69 bits per heavy atom. The molecule has 0 saturated carbocycles. The van der Waals surface area contributed by atoms with E-state index in [9.17, 15) is 4.79 Å². The number of nitrogens with zero attached hydrogens (tertiary/aromatic N) is 1. The summed E-state index contributed by atoms with van der Waals surface area (Å²) in [4.78, 5) is 14.1. The van der Waals surface area contributed by atoms with Gasteiger partial charge in [0.15, 0.2) is 6.10 Å². The maximum absolute atomic E-state index is 11.7. The van der Waals surface area contributed by atoms with E-state index in [4.69, 9.17) is 9.47 Å². The quantitative estimate of drug-likeness (QED) is 0.519. The van der Waals surface area contributed by atoms with Gasteiger partial charge in [-0.05, 0) is 23.1 Å². The molecule has 4 rings (SSSR count). The molecule has 1 aliphatic rings. The summed E-state index contributed by atoms with van der Waals surface area (Å²) in [6, 6.07) is 31.2. The van der Waals surface area contributed by atoms with Crippen molar-refractivity contribution in [2.45, 2.75) is 31.7 Å². The van der Waals surface area contributed by atoms with Crippen LogP contribution in [0.3, 0.4) is 0 Å². The third kappa shape index (κ3) is 5.24. The SMILES string of the molecule is O=C1OC[C@@H]([C@H](Cc2ccccc2)N(Cc2ccccc2)Cc2ccccc2)O1. The van der Waals surface area contributed by atoms with Crippen molar-refractivity contribution < 1.29 is 14.3 Å². The molecule has 0 unspecified atom stereocenters. The molecule has 148 valence electrons. The molecule has 4 nitrogen and oxygen atoms in total. The van der Waals surface area contributed by atoms with E-state index in [1.165, 1.54) is 16.7 Å².